The van der Waals surface area contributed by atoms with Gasteiger partial charge in [0.25, 0.3) is 0 Å². The monoisotopic (exact) mass is 288 g/mol. The van der Waals surface area contributed by atoms with Crippen LogP contribution in [0.1, 0.15) is 46.5 Å². The molecular weight excluding hydrogens is 260 g/mol. The van der Waals surface area contributed by atoms with Gasteiger partial charge in [0.1, 0.15) is 11.7 Å². The highest BCUT2D eigenvalue weighted by molar-refractivity contribution is 5.69. The van der Waals surface area contributed by atoms with Crippen molar-refractivity contribution in [2.75, 3.05) is 7.05 Å². The second-order valence-electron chi connectivity index (χ2n) is 5.91. The average molecular weight is 288 g/mol. The lowest BCUT2D eigenvalue weighted by Crippen LogP contribution is -2.47. The van der Waals surface area contributed by atoms with E-state index in [1.54, 1.807) is 20.8 Å². The first-order valence-corrected chi connectivity index (χ1v) is 7.02. The molecular formula is C14H28N2O4. The number of hydrogen-bond donors (Lipinski definition) is 3. The number of aliphatic hydroxyl groups is 1. The fourth-order valence-corrected chi connectivity index (χ4v) is 1.93. The molecule has 0 aromatic heterocycles. The minimum absolute atomic E-state index is 0.459. The number of amides is 1. The molecule has 1 amide bonds. The zero-order chi connectivity index (χ0) is 15.8. The molecule has 0 aromatic rings. The zero-order valence-corrected chi connectivity index (χ0v) is 12.9. The van der Waals surface area contributed by atoms with E-state index >= 15 is 0 Å². The maximum Gasteiger partial charge on any atom is 0.407 e. The number of nitrogens with two attached hydrogens (primary N) is 1. The number of rotatable bonds is 5. The fraction of sp³-hybridized carbons (Fsp3) is 0.857. The summed E-state index contributed by atoms with van der Waals surface area (Å²) in [5.41, 5.74) is 3.91. The van der Waals surface area contributed by atoms with E-state index in [0.717, 1.165) is 12.8 Å². The molecule has 1 rings (SSSR count). The van der Waals surface area contributed by atoms with Crippen LogP contribution in [0, 0.1) is 5.92 Å². The van der Waals surface area contributed by atoms with E-state index in [9.17, 15) is 14.7 Å². The molecule has 0 saturated heterocycles. The van der Waals surface area contributed by atoms with Gasteiger partial charge >= 0.3 is 6.09 Å². The van der Waals surface area contributed by atoms with Gasteiger partial charge in [-0.3, -0.25) is 0 Å². The van der Waals surface area contributed by atoms with E-state index in [1.807, 2.05) is 0 Å². The SMILES string of the molecule is CC(C)(C)OC(=O)NC(CC1CCC1)C(O)C=O.CN. The van der Waals surface area contributed by atoms with Gasteiger partial charge in [-0.1, -0.05) is 19.3 Å². The number of carbonyl (C=O) groups is 2. The number of aliphatic hydroxyl groups excluding tert-OH is 1. The normalized spacial score (nSPS) is 17.9. The van der Waals surface area contributed by atoms with Crippen molar-refractivity contribution in [2.45, 2.75) is 64.2 Å². The molecule has 0 heterocycles. The Morgan fingerprint density at radius 1 is 1.45 bits per heavy atom. The predicted molar refractivity (Wildman–Crippen MR) is 77.3 cm³/mol. The Kier molecular flexibility index (Phi) is 8.41. The Hall–Kier alpha value is -1.14. The van der Waals surface area contributed by atoms with Crippen molar-refractivity contribution in [2.24, 2.45) is 11.7 Å². The summed E-state index contributed by atoms with van der Waals surface area (Å²) in [5.74, 6) is 0.486. The van der Waals surface area contributed by atoms with Crippen molar-refractivity contribution < 1.29 is 19.4 Å². The van der Waals surface area contributed by atoms with Gasteiger partial charge in [0.2, 0.25) is 0 Å². The second-order valence-corrected chi connectivity index (χ2v) is 5.91. The van der Waals surface area contributed by atoms with Crippen LogP contribution in [0.5, 0.6) is 0 Å². The van der Waals surface area contributed by atoms with Crippen LogP contribution in [0.2, 0.25) is 0 Å². The molecule has 0 bridgehead atoms. The van der Waals surface area contributed by atoms with Crippen LogP contribution < -0.4 is 11.1 Å². The first-order chi connectivity index (χ1) is 9.31. The molecule has 1 saturated carbocycles. The first-order valence-electron chi connectivity index (χ1n) is 7.02. The van der Waals surface area contributed by atoms with Gasteiger partial charge in [-0.05, 0) is 40.2 Å². The van der Waals surface area contributed by atoms with Crippen LogP contribution in [-0.4, -0.2) is 42.3 Å². The molecule has 2 atom stereocenters. The van der Waals surface area contributed by atoms with Crippen LogP contribution in [0.15, 0.2) is 0 Å². The summed E-state index contributed by atoms with van der Waals surface area (Å²) in [6, 6.07) is -0.553. The van der Waals surface area contributed by atoms with Gasteiger partial charge in [0.05, 0.1) is 6.04 Å². The van der Waals surface area contributed by atoms with Gasteiger partial charge in [-0.15, -0.1) is 0 Å². The van der Waals surface area contributed by atoms with Gasteiger partial charge in [-0.2, -0.15) is 0 Å². The highest BCUT2D eigenvalue weighted by atomic mass is 16.6. The number of alkyl carbamates (subject to hydrolysis) is 1. The first kappa shape index (κ1) is 18.9. The number of hydrogen-bond acceptors (Lipinski definition) is 5. The average Bonchev–Trinajstić information content (AvgIpc) is 2.31. The molecule has 0 aromatic carbocycles. The number of carbonyl (C=O) groups excluding carboxylic acids is 2. The Labute approximate surface area is 121 Å². The van der Waals surface area contributed by atoms with E-state index in [4.69, 9.17) is 4.74 Å². The third-order valence-electron chi connectivity index (χ3n) is 3.07. The van der Waals surface area contributed by atoms with E-state index in [-0.39, 0.29) is 0 Å². The van der Waals surface area contributed by atoms with E-state index < -0.39 is 23.8 Å². The van der Waals surface area contributed by atoms with Crippen LogP contribution in [-0.2, 0) is 9.53 Å². The van der Waals surface area contributed by atoms with Crippen molar-refractivity contribution in [3.63, 3.8) is 0 Å². The minimum atomic E-state index is -1.17. The summed E-state index contributed by atoms with van der Waals surface area (Å²) < 4.78 is 5.12. The molecule has 1 aliphatic carbocycles. The molecule has 1 aliphatic rings. The molecule has 20 heavy (non-hydrogen) atoms. The van der Waals surface area contributed by atoms with Crippen molar-refractivity contribution in [1.82, 2.24) is 5.32 Å². The highest BCUT2D eigenvalue weighted by Crippen LogP contribution is 2.31. The van der Waals surface area contributed by atoms with Crippen LogP contribution in [0.25, 0.3) is 0 Å². The van der Waals surface area contributed by atoms with Crippen LogP contribution in [0.4, 0.5) is 4.79 Å². The Morgan fingerprint density at radius 3 is 2.35 bits per heavy atom. The zero-order valence-electron chi connectivity index (χ0n) is 12.9. The second kappa shape index (κ2) is 8.92. The van der Waals surface area contributed by atoms with E-state index in [1.165, 1.54) is 13.5 Å². The molecule has 0 spiro atoms. The summed E-state index contributed by atoms with van der Waals surface area (Å²) in [6.45, 7) is 5.30. The molecule has 0 radical (unpaired) electrons. The minimum Gasteiger partial charge on any atom is -0.444 e. The Bertz CT molecular complexity index is 298. The number of nitrogens with one attached hydrogen (secondary N) is 1. The van der Waals surface area contributed by atoms with Gasteiger partial charge in [0.15, 0.2) is 6.29 Å². The van der Waals surface area contributed by atoms with Crippen molar-refractivity contribution >= 4 is 12.4 Å². The topological polar surface area (TPSA) is 102 Å². The lowest BCUT2D eigenvalue weighted by atomic mass is 9.80. The summed E-state index contributed by atoms with van der Waals surface area (Å²) in [5, 5.41) is 12.2. The van der Waals surface area contributed by atoms with E-state index in [2.05, 4.69) is 11.1 Å². The molecule has 6 heteroatoms. The van der Waals surface area contributed by atoms with Crippen molar-refractivity contribution in [1.29, 1.82) is 0 Å². The third kappa shape index (κ3) is 7.45. The quantitative estimate of drug-likeness (QED) is 0.660. The molecule has 1 fully saturated rings. The Morgan fingerprint density at radius 2 is 2.00 bits per heavy atom. The fourth-order valence-electron chi connectivity index (χ4n) is 1.93. The standard InChI is InChI=1S/C13H23NO4.CH5N/c1-13(2,3)18-12(17)14-10(11(16)8-15)7-9-5-4-6-9;1-2/h8-11,16H,4-7H2,1-3H3,(H,14,17);2H2,1H3. The summed E-state index contributed by atoms with van der Waals surface area (Å²) in [6.07, 6.45) is 2.70. The van der Waals surface area contributed by atoms with Crippen LogP contribution >= 0.6 is 0 Å². The van der Waals surface area contributed by atoms with Crippen molar-refractivity contribution in [3.8, 4) is 0 Å². The summed E-state index contributed by atoms with van der Waals surface area (Å²) in [7, 11) is 1.50. The summed E-state index contributed by atoms with van der Waals surface area (Å²) in [4.78, 5) is 22.3. The van der Waals surface area contributed by atoms with Crippen molar-refractivity contribution in [3.05, 3.63) is 0 Å². The molecule has 4 N–H and O–H groups in total. The molecule has 2 unspecified atom stereocenters. The largest absolute Gasteiger partial charge is 0.444 e. The molecule has 118 valence electrons. The van der Waals surface area contributed by atoms with Gasteiger partial charge < -0.3 is 25.7 Å². The molecule has 0 aliphatic heterocycles. The number of ether oxygens (including phenoxy) is 1. The predicted octanol–water partition coefficient (Wildman–Crippen LogP) is 1.20. The Balaban J connectivity index is 0.00000172. The van der Waals surface area contributed by atoms with E-state index in [0.29, 0.717) is 18.6 Å². The molecule has 6 nitrogen and oxygen atoms in total. The third-order valence-corrected chi connectivity index (χ3v) is 3.07. The number of aldehydes is 1. The van der Waals surface area contributed by atoms with Gasteiger partial charge in [-0.25, -0.2) is 4.79 Å². The lowest BCUT2D eigenvalue weighted by molar-refractivity contribution is -0.116. The lowest BCUT2D eigenvalue weighted by Gasteiger charge is -2.31. The smallest absolute Gasteiger partial charge is 0.407 e. The van der Waals surface area contributed by atoms with Crippen LogP contribution in [0.3, 0.4) is 0 Å². The maximum atomic E-state index is 11.6. The summed E-state index contributed by atoms with van der Waals surface area (Å²) >= 11 is 0. The highest BCUT2D eigenvalue weighted by Gasteiger charge is 2.29. The van der Waals surface area contributed by atoms with Gasteiger partial charge in [0, 0.05) is 0 Å². The maximum absolute atomic E-state index is 11.6.